The summed E-state index contributed by atoms with van der Waals surface area (Å²) in [5.41, 5.74) is 1.82. The molecule has 9 heteroatoms. The smallest absolute Gasteiger partial charge is 0.248 e. The van der Waals surface area contributed by atoms with Crippen molar-refractivity contribution in [2.75, 3.05) is 24.0 Å². The fourth-order valence-corrected chi connectivity index (χ4v) is 4.34. The van der Waals surface area contributed by atoms with E-state index in [1.807, 2.05) is 11.8 Å². The minimum Gasteiger partial charge on any atom is -0.326 e. The van der Waals surface area contributed by atoms with Gasteiger partial charge in [-0.05, 0) is 55.5 Å². The van der Waals surface area contributed by atoms with E-state index < -0.39 is 19.7 Å². The molecule has 27 heavy (non-hydrogen) atoms. The Balaban J connectivity index is 2.13. The number of nitrogens with zero attached hydrogens (tertiary/aromatic N) is 3. The lowest BCUT2D eigenvalue weighted by Gasteiger charge is -2.32. The summed E-state index contributed by atoms with van der Waals surface area (Å²) in [6.07, 6.45) is 6.84. The van der Waals surface area contributed by atoms with Crippen LogP contribution in [0.15, 0.2) is 40.5 Å². The maximum absolute atomic E-state index is 12.0. The molecule has 7 nitrogen and oxygen atoms in total. The Morgan fingerprint density at radius 3 is 2.30 bits per heavy atom. The van der Waals surface area contributed by atoms with Crippen LogP contribution in [0.4, 0.5) is 11.5 Å². The molecule has 1 aliphatic rings. The average Bonchev–Trinajstić information content (AvgIpc) is 2.54. The van der Waals surface area contributed by atoms with Crippen LogP contribution in [0.5, 0.6) is 0 Å². The normalized spacial score (nSPS) is 15.4. The predicted molar refractivity (Wildman–Crippen MR) is 104 cm³/mol. The van der Waals surface area contributed by atoms with E-state index in [-0.39, 0.29) is 5.16 Å². The largest absolute Gasteiger partial charge is 0.326 e. The maximum atomic E-state index is 12.0. The van der Waals surface area contributed by atoms with Crippen molar-refractivity contribution in [3.05, 3.63) is 36.0 Å². The molecule has 1 aromatic carbocycles. The zero-order valence-electron chi connectivity index (χ0n) is 15.6. The lowest BCUT2D eigenvalue weighted by Crippen LogP contribution is -2.22. The van der Waals surface area contributed by atoms with Crippen molar-refractivity contribution in [1.82, 2.24) is 9.97 Å². The van der Waals surface area contributed by atoms with Gasteiger partial charge in [-0.25, -0.2) is 26.8 Å². The van der Waals surface area contributed by atoms with Gasteiger partial charge in [0.05, 0.1) is 4.90 Å². The van der Waals surface area contributed by atoms with Gasteiger partial charge >= 0.3 is 0 Å². The average molecular weight is 410 g/mol. The zero-order chi connectivity index (χ0) is 19.8. The molecule has 0 unspecified atom stereocenters. The standard InChI is InChI=1S/C18H23N3O4S2/c1-4-21(17-10-11-19-18(20-17)27(3,24)25)16-9-8-14(26(2,22)23)12-15(16)13-6-5-7-13/h8-13H,4-7H2,1-3H3. The van der Waals surface area contributed by atoms with E-state index in [2.05, 4.69) is 9.97 Å². The van der Waals surface area contributed by atoms with Gasteiger partial charge in [0.2, 0.25) is 15.0 Å². The van der Waals surface area contributed by atoms with Crippen LogP contribution >= 0.6 is 0 Å². The Hall–Kier alpha value is -2.00. The van der Waals surface area contributed by atoms with Crippen LogP contribution in [0.25, 0.3) is 0 Å². The third kappa shape index (κ3) is 4.14. The van der Waals surface area contributed by atoms with Crippen LogP contribution in [0.3, 0.4) is 0 Å². The fraction of sp³-hybridized carbons (Fsp3) is 0.444. The van der Waals surface area contributed by atoms with Crippen molar-refractivity contribution < 1.29 is 16.8 Å². The van der Waals surface area contributed by atoms with Gasteiger partial charge in [0.25, 0.3) is 0 Å². The molecule has 1 aromatic heterocycles. The molecule has 3 rings (SSSR count). The van der Waals surface area contributed by atoms with Gasteiger partial charge < -0.3 is 4.90 Å². The first-order valence-electron chi connectivity index (χ1n) is 8.76. The minimum atomic E-state index is -3.52. The molecule has 0 spiro atoms. The molecular formula is C18H23N3O4S2. The van der Waals surface area contributed by atoms with Crippen LogP contribution in [-0.2, 0) is 19.7 Å². The monoisotopic (exact) mass is 409 g/mol. The SMILES string of the molecule is CCN(c1ccnc(S(C)(=O)=O)n1)c1ccc(S(C)(=O)=O)cc1C1CCC1. The number of rotatable bonds is 6. The van der Waals surface area contributed by atoms with Gasteiger partial charge in [0.1, 0.15) is 5.82 Å². The summed E-state index contributed by atoms with van der Waals surface area (Å²) in [4.78, 5) is 10.3. The molecule has 146 valence electrons. The first kappa shape index (κ1) is 19.8. The number of anilines is 2. The molecule has 0 aliphatic heterocycles. The summed E-state index contributed by atoms with van der Waals surface area (Å²) in [5, 5.41) is -0.226. The van der Waals surface area contributed by atoms with Crippen molar-refractivity contribution in [2.45, 2.75) is 42.2 Å². The Kier molecular flexibility index (Phi) is 5.27. The molecule has 0 saturated heterocycles. The van der Waals surface area contributed by atoms with Gasteiger partial charge in [0.15, 0.2) is 9.84 Å². The second-order valence-electron chi connectivity index (χ2n) is 6.83. The van der Waals surface area contributed by atoms with Gasteiger partial charge in [-0.15, -0.1) is 0 Å². The van der Waals surface area contributed by atoms with E-state index in [9.17, 15) is 16.8 Å². The van der Waals surface area contributed by atoms with Crippen LogP contribution in [0.1, 0.15) is 37.7 Å². The maximum Gasteiger partial charge on any atom is 0.248 e. The van der Waals surface area contributed by atoms with Gasteiger partial charge in [0, 0.05) is 30.9 Å². The van der Waals surface area contributed by atoms with E-state index >= 15 is 0 Å². The molecule has 0 radical (unpaired) electrons. The number of aromatic nitrogens is 2. The lowest BCUT2D eigenvalue weighted by molar-refractivity contribution is 0.419. The van der Waals surface area contributed by atoms with Crippen LogP contribution < -0.4 is 4.90 Å². The molecule has 1 heterocycles. The first-order valence-corrected chi connectivity index (χ1v) is 12.5. The highest BCUT2D eigenvalue weighted by molar-refractivity contribution is 7.90. The quantitative estimate of drug-likeness (QED) is 0.677. The van der Waals surface area contributed by atoms with Crippen molar-refractivity contribution >= 4 is 31.2 Å². The number of sulfone groups is 2. The summed E-state index contributed by atoms with van der Waals surface area (Å²) >= 11 is 0. The molecule has 1 saturated carbocycles. The highest BCUT2D eigenvalue weighted by Gasteiger charge is 2.27. The zero-order valence-corrected chi connectivity index (χ0v) is 17.2. The van der Waals surface area contributed by atoms with E-state index in [1.54, 1.807) is 24.3 Å². The third-order valence-electron chi connectivity index (χ3n) is 4.81. The highest BCUT2D eigenvalue weighted by atomic mass is 32.2. The van der Waals surface area contributed by atoms with Crippen molar-refractivity contribution in [3.63, 3.8) is 0 Å². The minimum absolute atomic E-state index is 0.226. The summed E-state index contributed by atoms with van der Waals surface area (Å²) < 4.78 is 47.6. The predicted octanol–water partition coefficient (Wildman–Crippen LogP) is 2.71. The van der Waals surface area contributed by atoms with Crippen LogP contribution in [-0.4, -0.2) is 45.9 Å². The Morgan fingerprint density at radius 2 is 1.78 bits per heavy atom. The molecule has 0 bridgehead atoms. The summed E-state index contributed by atoms with van der Waals surface area (Å²) in [5.74, 6) is 0.771. The first-order chi connectivity index (χ1) is 12.6. The molecule has 2 aromatic rings. The highest BCUT2D eigenvalue weighted by Crippen LogP contribution is 2.43. The Labute approximate surface area is 160 Å². The molecule has 0 amide bonds. The molecular weight excluding hydrogens is 386 g/mol. The number of hydrogen-bond acceptors (Lipinski definition) is 7. The lowest BCUT2D eigenvalue weighted by atomic mass is 9.79. The van der Waals surface area contributed by atoms with E-state index in [0.29, 0.717) is 23.2 Å². The number of benzene rings is 1. The van der Waals surface area contributed by atoms with Crippen LogP contribution in [0, 0.1) is 0 Å². The fourth-order valence-electron chi connectivity index (χ4n) is 3.17. The molecule has 0 atom stereocenters. The van der Waals surface area contributed by atoms with E-state index in [1.165, 1.54) is 12.5 Å². The van der Waals surface area contributed by atoms with E-state index in [0.717, 1.165) is 36.8 Å². The van der Waals surface area contributed by atoms with Crippen LogP contribution in [0.2, 0.25) is 0 Å². The summed E-state index contributed by atoms with van der Waals surface area (Å²) in [7, 11) is -6.83. The Morgan fingerprint density at radius 1 is 1.07 bits per heavy atom. The summed E-state index contributed by atoms with van der Waals surface area (Å²) in [6.45, 7) is 2.50. The topological polar surface area (TPSA) is 97.3 Å². The van der Waals surface area contributed by atoms with Gasteiger partial charge in [-0.3, -0.25) is 0 Å². The second-order valence-corrected chi connectivity index (χ2v) is 10.8. The molecule has 1 aliphatic carbocycles. The van der Waals surface area contributed by atoms with Gasteiger partial charge in [-0.1, -0.05) is 6.42 Å². The van der Waals surface area contributed by atoms with E-state index in [4.69, 9.17) is 0 Å². The molecule has 0 N–H and O–H groups in total. The van der Waals surface area contributed by atoms with Crippen molar-refractivity contribution in [2.24, 2.45) is 0 Å². The van der Waals surface area contributed by atoms with Crippen molar-refractivity contribution in [3.8, 4) is 0 Å². The third-order valence-corrected chi connectivity index (χ3v) is 6.78. The second kappa shape index (κ2) is 7.20. The Bertz CT molecular complexity index is 1060. The summed E-state index contributed by atoms with van der Waals surface area (Å²) in [6, 6.07) is 6.78. The molecule has 1 fully saturated rings. The van der Waals surface area contributed by atoms with Crippen molar-refractivity contribution in [1.29, 1.82) is 0 Å². The van der Waals surface area contributed by atoms with Gasteiger partial charge in [-0.2, -0.15) is 0 Å². The number of hydrogen-bond donors (Lipinski definition) is 0.